The molecular formula is C17H23N3O. The van der Waals surface area contributed by atoms with Crippen LogP contribution in [0.2, 0.25) is 0 Å². The Morgan fingerprint density at radius 2 is 2.05 bits per heavy atom. The average Bonchev–Trinajstić information content (AvgIpc) is 2.87. The third-order valence-electron chi connectivity index (χ3n) is 4.28. The largest absolute Gasteiger partial charge is 0.340 e. The summed E-state index contributed by atoms with van der Waals surface area (Å²) >= 11 is 0. The second-order valence-electron chi connectivity index (χ2n) is 6.12. The zero-order valence-electron chi connectivity index (χ0n) is 13.0. The van der Waals surface area contributed by atoms with Gasteiger partial charge >= 0.3 is 0 Å². The van der Waals surface area contributed by atoms with Gasteiger partial charge in [0.25, 0.3) is 0 Å². The molecule has 3 atom stereocenters. The SMILES string of the molecule is CC1CN(C(=O)C(C#N)Cc2ccccc2)CC1N(C)C. The second-order valence-corrected chi connectivity index (χ2v) is 6.12. The number of hydrogen-bond acceptors (Lipinski definition) is 3. The van der Waals surface area contributed by atoms with Crippen molar-refractivity contribution >= 4 is 5.91 Å². The second kappa shape index (κ2) is 6.73. The van der Waals surface area contributed by atoms with Crippen molar-refractivity contribution < 1.29 is 4.79 Å². The van der Waals surface area contributed by atoms with Gasteiger partial charge in [-0.2, -0.15) is 5.26 Å². The summed E-state index contributed by atoms with van der Waals surface area (Å²) in [6.07, 6.45) is 0.494. The van der Waals surface area contributed by atoms with Gasteiger partial charge in [-0.05, 0) is 32.0 Å². The molecular weight excluding hydrogens is 262 g/mol. The lowest BCUT2D eigenvalue weighted by atomic mass is 9.99. The molecule has 0 saturated carbocycles. The van der Waals surface area contributed by atoms with Crippen LogP contribution in [0.5, 0.6) is 0 Å². The maximum Gasteiger partial charge on any atom is 0.240 e. The van der Waals surface area contributed by atoms with Gasteiger partial charge in [-0.25, -0.2) is 0 Å². The molecule has 0 aliphatic carbocycles. The van der Waals surface area contributed by atoms with Gasteiger partial charge in [-0.1, -0.05) is 37.3 Å². The summed E-state index contributed by atoms with van der Waals surface area (Å²) in [6, 6.07) is 12.3. The van der Waals surface area contributed by atoms with Crippen LogP contribution in [0.3, 0.4) is 0 Å². The van der Waals surface area contributed by atoms with Crippen LogP contribution in [0.15, 0.2) is 30.3 Å². The van der Waals surface area contributed by atoms with Crippen LogP contribution in [0, 0.1) is 23.2 Å². The first kappa shape index (κ1) is 15.5. The lowest BCUT2D eigenvalue weighted by Gasteiger charge is -2.23. The Labute approximate surface area is 127 Å². The van der Waals surface area contributed by atoms with Crippen LogP contribution in [-0.2, 0) is 11.2 Å². The molecule has 112 valence electrons. The van der Waals surface area contributed by atoms with Crippen LogP contribution in [0.1, 0.15) is 12.5 Å². The summed E-state index contributed by atoms with van der Waals surface area (Å²) in [5, 5.41) is 9.35. The van der Waals surface area contributed by atoms with E-state index in [4.69, 9.17) is 0 Å². The van der Waals surface area contributed by atoms with Crippen molar-refractivity contribution in [3.63, 3.8) is 0 Å². The molecule has 1 aromatic carbocycles. The van der Waals surface area contributed by atoms with Gasteiger partial charge in [0.2, 0.25) is 5.91 Å². The minimum absolute atomic E-state index is 0.0300. The number of rotatable bonds is 4. The molecule has 0 aromatic heterocycles. The predicted octanol–water partition coefficient (Wildman–Crippen LogP) is 1.78. The highest BCUT2D eigenvalue weighted by Gasteiger charge is 2.36. The zero-order valence-corrected chi connectivity index (χ0v) is 13.0. The van der Waals surface area contributed by atoms with E-state index in [-0.39, 0.29) is 5.91 Å². The van der Waals surface area contributed by atoms with Crippen molar-refractivity contribution in [2.75, 3.05) is 27.2 Å². The van der Waals surface area contributed by atoms with Gasteiger partial charge in [0.05, 0.1) is 6.07 Å². The van der Waals surface area contributed by atoms with Gasteiger partial charge in [0.15, 0.2) is 0 Å². The van der Waals surface area contributed by atoms with Crippen LogP contribution in [0.25, 0.3) is 0 Å². The van der Waals surface area contributed by atoms with Crippen LogP contribution >= 0.6 is 0 Å². The molecule has 1 aliphatic rings. The Hall–Kier alpha value is -1.86. The Morgan fingerprint density at radius 3 is 2.57 bits per heavy atom. The number of amides is 1. The molecule has 21 heavy (non-hydrogen) atoms. The van der Waals surface area contributed by atoms with E-state index in [0.717, 1.165) is 18.7 Å². The molecule has 0 bridgehead atoms. The molecule has 4 heteroatoms. The first-order valence-electron chi connectivity index (χ1n) is 7.41. The standard InChI is InChI=1S/C17H23N3O/c1-13-11-20(12-16(13)19(2)3)17(21)15(10-18)9-14-7-5-4-6-8-14/h4-8,13,15-16H,9,11-12H2,1-3H3. The van der Waals surface area contributed by atoms with Crippen LogP contribution in [-0.4, -0.2) is 48.9 Å². The fraction of sp³-hybridized carbons (Fsp3) is 0.529. The lowest BCUT2D eigenvalue weighted by molar-refractivity contribution is -0.132. The molecule has 1 fully saturated rings. The van der Waals surface area contributed by atoms with E-state index in [2.05, 4.69) is 17.9 Å². The van der Waals surface area contributed by atoms with Gasteiger partial charge < -0.3 is 9.80 Å². The van der Waals surface area contributed by atoms with Crippen molar-refractivity contribution in [3.8, 4) is 6.07 Å². The molecule has 0 radical (unpaired) electrons. The highest BCUT2D eigenvalue weighted by Crippen LogP contribution is 2.22. The minimum Gasteiger partial charge on any atom is -0.340 e. The van der Waals surface area contributed by atoms with E-state index in [1.54, 1.807) is 0 Å². The van der Waals surface area contributed by atoms with E-state index in [0.29, 0.717) is 18.4 Å². The number of nitriles is 1. The molecule has 1 aliphatic heterocycles. The Balaban J connectivity index is 2.03. The minimum atomic E-state index is -0.583. The molecule has 0 spiro atoms. The zero-order chi connectivity index (χ0) is 15.4. The molecule has 4 nitrogen and oxygen atoms in total. The van der Waals surface area contributed by atoms with E-state index in [1.165, 1.54) is 0 Å². The summed E-state index contributed by atoms with van der Waals surface area (Å²) < 4.78 is 0. The number of hydrogen-bond donors (Lipinski definition) is 0. The molecule has 2 rings (SSSR count). The summed E-state index contributed by atoms with van der Waals surface area (Å²) in [5.74, 6) is -0.168. The molecule has 3 unspecified atom stereocenters. The number of likely N-dealkylation sites (tertiary alicyclic amines) is 1. The van der Waals surface area contributed by atoms with Crippen molar-refractivity contribution in [2.24, 2.45) is 11.8 Å². The maximum atomic E-state index is 12.6. The van der Waals surface area contributed by atoms with Crippen molar-refractivity contribution in [3.05, 3.63) is 35.9 Å². The van der Waals surface area contributed by atoms with E-state index >= 15 is 0 Å². The number of carbonyl (C=O) groups is 1. The summed E-state index contributed by atoms with van der Waals surface area (Å²) in [6.45, 7) is 3.63. The number of benzene rings is 1. The third-order valence-corrected chi connectivity index (χ3v) is 4.28. The Kier molecular flexibility index (Phi) is 4.98. The van der Waals surface area contributed by atoms with Gasteiger partial charge in [-0.15, -0.1) is 0 Å². The number of carbonyl (C=O) groups excluding carboxylic acids is 1. The summed E-state index contributed by atoms with van der Waals surface area (Å²) in [7, 11) is 4.09. The van der Waals surface area contributed by atoms with Crippen LogP contribution < -0.4 is 0 Å². The van der Waals surface area contributed by atoms with Crippen molar-refractivity contribution in [1.82, 2.24) is 9.80 Å². The quantitative estimate of drug-likeness (QED) is 0.847. The Bertz CT molecular complexity index is 521. The monoisotopic (exact) mass is 285 g/mol. The summed E-state index contributed by atoms with van der Waals surface area (Å²) in [4.78, 5) is 16.6. The lowest BCUT2D eigenvalue weighted by Crippen LogP contribution is -2.38. The van der Waals surface area contributed by atoms with Crippen LogP contribution in [0.4, 0.5) is 0 Å². The third kappa shape index (κ3) is 3.62. The van der Waals surface area contributed by atoms with Crippen molar-refractivity contribution in [1.29, 1.82) is 5.26 Å². The molecule has 1 aromatic rings. The van der Waals surface area contributed by atoms with E-state index in [9.17, 15) is 10.1 Å². The maximum absolute atomic E-state index is 12.6. The number of nitrogens with zero attached hydrogens (tertiary/aromatic N) is 3. The molecule has 0 N–H and O–H groups in total. The van der Waals surface area contributed by atoms with Crippen molar-refractivity contribution in [2.45, 2.75) is 19.4 Å². The van der Waals surface area contributed by atoms with E-state index < -0.39 is 5.92 Å². The highest BCUT2D eigenvalue weighted by molar-refractivity contribution is 5.82. The number of likely N-dealkylation sites (N-methyl/N-ethyl adjacent to an activating group) is 1. The fourth-order valence-corrected chi connectivity index (χ4v) is 3.06. The fourth-order valence-electron chi connectivity index (χ4n) is 3.06. The van der Waals surface area contributed by atoms with Gasteiger partial charge in [-0.3, -0.25) is 4.79 Å². The summed E-state index contributed by atoms with van der Waals surface area (Å²) in [5.41, 5.74) is 1.04. The molecule has 1 saturated heterocycles. The first-order valence-corrected chi connectivity index (χ1v) is 7.41. The van der Waals surface area contributed by atoms with Gasteiger partial charge in [0.1, 0.15) is 5.92 Å². The smallest absolute Gasteiger partial charge is 0.240 e. The van der Waals surface area contributed by atoms with Gasteiger partial charge in [0, 0.05) is 19.1 Å². The normalized spacial score (nSPS) is 23.1. The molecule has 1 heterocycles. The Morgan fingerprint density at radius 1 is 1.38 bits per heavy atom. The average molecular weight is 285 g/mol. The predicted molar refractivity (Wildman–Crippen MR) is 82.5 cm³/mol. The topological polar surface area (TPSA) is 47.3 Å². The van der Waals surface area contributed by atoms with E-state index in [1.807, 2.05) is 49.3 Å². The highest BCUT2D eigenvalue weighted by atomic mass is 16.2. The molecule has 1 amide bonds. The first-order chi connectivity index (χ1) is 10.0.